The molecule has 2 nitrogen and oxygen atoms in total. The average molecular weight is 273 g/mol. The Hall–Kier alpha value is -1.71. The fourth-order valence-electron chi connectivity index (χ4n) is 2.08. The van der Waals surface area contributed by atoms with Crippen molar-refractivity contribution in [2.24, 2.45) is 0 Å². The van der Waals surface area contributed by atoms with Crippen LogP contribution in [0.15, 0.2) is 48.5 Å². The molecule has 3 heteroatoms. The molecule has 2 aromatic carbocycles. The molecule has 0 radical (unpaired) electrons. The molecule has 0 spiro atoms. The highest BCUT2D eigenvalue weighted by atomic mass is 19.1. The van der Waals surface area contributed by atoms with E-state index in [1.165, 1.54) is 11.6 Å². The molecule has 2 aromatic rings. The van der Waals surface area contributed by atoms with Gasteiger partial charge in [-0.3, -0.25) is 0 Å². The first-order chi connectivity index (χ1) is 9.70. The zero-order valence-corrected chi connectivity index (χ0v) is 11.6. The van der Waals surface area contributed by atoms with Crippen molar-refractivity contribution in [3.8, 4) is 0 Å². The Morgan fingerprint density at radius 2 is 1.80 bits per heavy atom. The summed E-state index contributed by atoms with van der Waals surface area (Å²) in [6.07, 6.45) is 0.412. The van der Waals surface area contributed by atoms with E-state index in [4.69, 9.17) is 0 Å². The fourth-order valence-corrected chi connectivity index (χ4v) is 2.08. The molecule has 0 aliphatic rings. The van der Waals surface area contributed by atoms with Gasteiger partial charge in [-0.05, 0) is 23.6 Å². The van der Waals surface area contributed by atoms with E-state index in [9.17, 15) is 9.50 Å². The van der Waals surface area contributed by atoms with Crippen molar-refractivity contribution in [2.45, 2.75) is 26.0 Å². The number of aliphatic hydroxyl groups excluding tert-OH is 1. The third kappa shape index (κ3) is 3.89. The van der Waals surface area contributed by atoms with Crippen molar-refractivity contribution in [3.05, 3.63) is 71.0 Å². The second-order valence-electron chi connectivity index (χ2n) is 4.83. The number of hydrogen-bond donors (Lipinski definition) is 2. The molecule has 0 amide bonds. The summed E-state index contributed by atoms with van der Waals surface area (Å²) in [5, 5.41) is 13.2. The van der Waals surface area contributed by atoms with Crippen molar-refractivity contribution in [1.29, 1.82) is 0 Å². The van der Waals surface area contributed by atoms with Crippen LogP contribution in [0.2, 0.25) is 0 Å². The monoisotopic (exact) mass is 273 g/mol. The molecular formula is C17H20FNO. The van der Waals surface area contributed by atoms with Crippen LogP contribution in [0, 0.1) is 5.82 Å². The Morgan fingerprint density at radius 1 is 1.10 bits per heavy atom. The van der Waals surface area contributed by atoms with Crippen LogP contribution in [0.4, 0.5) is 4.39 Å². The number of rotatable bonds is 6. The molecule has 2 rings (SSSR count). The van der Waals surface area contributed by atoms with E-state index >= 15 is 0 Å². The summed E-state index contributed by atoms with van der Waals surface area (Å²) < 4.78 is 13.4. The van der Waals surface area contributed by atoms with Crippen molar-refractivity contribution >= 4 is 0 Å². The third-order valence-electron chi connectivity index (χ3n) is 3.38. The zero-order valence-electron chi connectivity index (χ0n) is 11.6. The van der Waals surface area contributed by atoms with E-state index in [-0.39, 0.29) is 5.82 Å². The van der Waals surface area contributed by atoms with Gasteiger partial charge in [0.05, 0.1) is 6.10 Å². The minimum absolute atomic E-state index is 0.221. The molecule has 0 heterocycles. The van der Waals surface area contributed by atoms with Crippen LogP contribution in [0.1, 0.15) is 29.7 Å². The molecule has 0 saturated carbocycles. The summed E-state index contributed by atoms with van der Waals surface area (Å²) in [6.45, 7) is 2.91. The quantitative estimate of drug-likeness (QED) is 0.847. The molecule has 2 N–H and O–H groups in total. The Balaban J connectivity index is 1.85. The Labute approximate surface area is 119 Å². The number of hydrogen-bond acceptors (Lipinski definition) is 2. The van der Waals surface area contributed by atoms with Gasteiger partial charge in [-0.15, -0.1) is 0 Å². The first-order valence-corrected chi connectivity index (χ1v) is 6.91. The lowest BCUT2D eigenvalue weighted by Gasteiger charge is -2.13. The predicted octanol–water partition coefficient (Wildman–Crippen LogP) is 3.21. The normalized spacial score (nSPS) is 12.3. The molecule has 0 aliphatic carbocycles. The number of nitrogens with one attached hydrogen (secondary N) is 1. The predicted molar refractivity (Wildman–Crippen MR) is 78.9 cm³/mol. The molecule has 1 unspecified atom stereocenters. The van der Waals surface area contributed by atoms with Crippen LogP contribution in [0.3, 0.4) is 0 Å². The number of aliphatic hydroxyl groups is 1. The third-order valence-corrected chi connectivity index (χ3v) is 3.38. The van der Waals surface area contributed by atoms with Crippen LogP contribution in [-0.4, -0.2) is 11.7 Å². The highest BCUT2D eigenvalue weighted by Gasteiger charge is 2.07. The van der Waals surface area contributed by atoms with Gasteiger partial charge in [-0.2, -0.15) is 0 Å². The zero-order chi connectivity index (χ0) is 14.4. The van der Waals surface area contributed by atoms with Gasteiger partial charge in [0.2, 0.25) is 0 Å². The van der Waals surface area contributed by atoms with E-state index in [1.807, 2.05) is 24.3 Å². The maximum atomic E-state index is 13.4. The highest BCUT2D eigenvalue weighted by Crippen LogP contribution is 2.14. The van der Waals surface area contributed by atoms with E-state index in [0.717, 1.165) is 12.0 Å². The SMILES string of the molecule is CCc1ccc(C(O)CNCc2ccccc2F)cc1. The number of benzene rings is 2. The number of halogens is 1. The molecule has 0 fully saturated rings. The van der Waals surface area contributed by atoms with Crippen LogP contribution < -0.4 is 5.32 Å². The van der Waals surface area contributed by atoms with Gasteiger partial charge in [0.25, 0.3) is 0 Å². The van der Waals surface area contributed by atoms with Gasteiger partial charge in [-0.1, -0.05) is 49.4 Å². The van der Waals surface area contributed by atoms with Gasteiger partial charge >= 0.3 is 0 Å². The van der Waals surface area contributed by atoms with Crippen LogP contribution >= 0.6 is 0 Å². The van der Waals surface area contributed by atoms with Gasteiger partial charge in [0.1, 0.15) is 5.82 Å². The summed E-state index contributed by atoms with van der Waals surface area (Å²) in [6, 6.07) is 14.6. The topological polar surface area (TPSA) is 32.3 Å². The van der Waals surface area contributed by atoms with E-state index < -0.39 is 6.10 Å². The average Bonchev–Trinajstić information content (AvgIpc) is 2.49. The first kappa shape index (κ1) is 14.7. The van der Waals surface area contributed by atoms with E-state index in [2.05, 4.69) is 12.2 Å². The maximum absolute atomic E-state index is 13.4. The number of aryl methyl sites for hydroxylation is 1. The molecule has 106 valence electrons. The van der Waals surface area contributed by atoms with Gasteiger partial charge < -0.3 is 10.4 Å². The lowest BCUT2D eigenvalue weighted by molar-refractivity contribution is 0.174. The fraction of sp³-hybridized carbons (Fsp3) is 0.294. The Kier molecular flexibility index (Phi) is 5.27. The minimum atomic E-state index is -0.576. The minimum Gasteiger partial charge on any atom is -0.387 e. The van der Waals surface area contributed by atoms with Crippen LogP contribution in [0.25, 0.3) is 0 Å². The summed E-state index contributed by atoms with van der Waals surface area (Å²) in [4.78, 5) is 0. The molecular weight excluding hydrogens is 253 g/mol. The molecule has 0 bridgehead atoms. The van der Waals surface area contributed by atoms with Crippen molar-refractivity contribution in [1.82, 2.24) is 5.32 Å². The van der Waals surface area contributed by atoms with Gasteiger partial charge in [0.15, 0.2) is 0 Å². The molecule has 0 aliphatic heterocycles. The van der Waals surface area contributed by atoms with Crippen molar-refractivity contribution in [2.75, 3.05) is 6.54 Å². The molecule has 0 aromatic heterocycles. The van der Waals surface area contributed by atoms with Crippen molar-refractivity contribution < 1.29 is 9.50 Å². The van der Waals surface area contributed by atoms with Crippen LogP contribution in [-0.2, 0) is 13.0 Å². The summed E-state index contributed by atoms with van der Waals surface area (Å²) in [5.74, 6) is -0.221. The Morgan fingerprint density at radius 3 is 2.45 bits per heavy atom. The molecule has 1 atom stereocenters. The maximum Gasteiger partial charge on any atom is 0.127 e. The van der Waals surface area contributed by atoms with E-state index in [1.54, 1.807) is 18.2 Å². The van der Waals surface area contributed by atoms with Gasteiger partial charge in [-0.25, -0.2) is 4.39 Å². The van der Waals surface area contributed by atoms with Crippen molar-refractivity contribution in [3.63, 3.8) is 0 Å². The first-order valence-electron chi connectivity index (χ1n) is 6.91. The summed E-state index contributed by atoms with van der Waals surface area (Å²) in [7, 11) is 0. The smallest absolute Gasteiger partial charge is 0.127 e. The van der Waals surface area contributed by atoms with E-state index in [0.29, 0.717) is 18.7 Å². The molecule has 20 heavy (non-hydrogen) atoms. The van der Waals surface area contributed by atoms with Gasteiger partial charge in [0, 0.05) is 18.7 Å². The lowest BCUT2D eigenvalue weighted by atomic mass is 10.1. The second kappa shape index (κ2) is 7.17. The summed E-state index contributed by atoms with van der Waals surface area (Å²) >= 11 is 0. The molecule has 0 saturated heterocycles. The summed E-state index contributed by atoms with van der Waals surface area (Å²) in [5.41, 5.74) is 2.74. The standard InChI is InChI=1S/C17H20FNO/c1-2-13-7-9-14(10-8-13)17(20)12-19-11-15-5-3-4-6-16(15)18/h3-10,17,19-20H,2,11-12H2,1H3. The second-order valence-corrected chi connectivity index (χ2v) is 4.83. The largest absolute Gasteiger partial charge is 0.387 e. The Bertz CT molecular complexity index is 539. The van der Waals surface area contributed by atoms with Crippen LogP contribution in [0.5, 0.6) is 0 Å². The lowest BCUT2D eigenvalue weighted by Crippen LogP contribution is -2.21. The highest BCUT2D eigenvalue weighted by molar-refractivity contribution is 5.24.